The maximum absolute atomic E-state index is 13.4. The molecule has 0 unspecified atom stereocenters. The highest BCUT2D eigenvalue weighted by atomic mass is 16.5. The maximum atomic E-state index is 13.4. The van der Waals surface area contributed by atoms with Crippen LogP contribution in [-0.2, 0) is 4.74 Å². The molecule has 0 bridgehead atoms. The van der Waals surface area contributed by atoms with Crippen molar-refractivity contribution in [2.24, 2.45) is 0 Å². The van der Waals surface area contributed by atoms with Gasteiger partial charge in [-0.1, -0.05) is 83.1 Å². The van der Waals surface area contributed by atoms with Crippen molar-refractivity contribution in [3.8, 4) is 11.5 Å². The summed E-state index contributed by atoms with van der Waals surface area (Å²) < 4.78 is 12.2. The first-order valence-corrected chi connectivity index (χ1v) is 15.1. The predicted octanol–water partition coefficient (Wildman–Crippen LogP) is 8.19. The molecule has 1 aliphatic heterocycles. The van der Waals surface area contributed by atoms with Gasteiger partial charge < -0.3 is 14.8 Å². The van der Waals surface area contributed by atoms with E-state index >= 15 is 0 Å². The number of esters is 1. The Labute approximate surface area is 240 Å². The van der Waals surface area contributed by atoms with E-state index in [9.17, 15) is 4.79 Å². The van der Waals surface area contributed by atoms with E-state index in [2.05, 4.69) is 57.8 Å². The third-order valence-corrected chi connectivity index (χ3v) is 7.79. The van der Waals surface area contributed by atoms with Crippen LogP contribution in [0, 0.1) is 13.8 Å². The number of fused-ring (bicyclic) bond motifs is 2. The number of carbonyl (C=O) groups excluding carboxylic acids is 1. The second-order valence-electron chi connectivity index (χ2n) is 11.0. The van der Waals surface area contributed by atoms with Crippen molar-refractivity contribution in [1.82, 2.24) is 0 Å². The van der Waals surface area contributed by atoms with E-state index in [1.54, 1.807) is 0 Å². The van der Waals surface area contributed by atoms with E-state index in [4.69, 9.17) is 9.47 Å². The van der Waals surface area contributed by atoms with Gasteiger partial charge in [0, 0.05) is 34.7 Å². The molecule has 3 aromatic carbocycles. The van der Waals surface area contributed by atoms with Crippen LogP contribution in [0.15, 0.2) is 48.5 Å². The van der Waals surface area contributed by atoms with E-state index in [0.29, 0.717) is 12.2 Å². The second-order valence-corrected chi connectivity index (χ2v) is 11.0. The molecule has 212 valence electrons. The number of aryl methyl sites for hydroxylation is 2. The van der Waals surface area contributed by atoms with E-state index in [1.807, 2.05) is 30.3 Å². The summed E-state index contributed by atoms with van der Waals surface area (Å²) >= 11 is 0. The largest absolute Gasteiger partial charge is 0.462 e. The van der Waals surface area contributed by atoms with Crippen molar-refractivity contribution < 1.29 is 14.3 Å². The third kappa shape index (κ3) is 6.96. The quantitative estimate of drug-likeness (QED) is 0.130. The van der Waals surface area contributed by atoms with Crippen LogP contribution < -0.4 is 20.5 Å². The lowest BCUT2D eigenvalue weighted by atomic mass is 9.88. The Bertz CT molecular complexity index is 1440. The minimum absolute atomic E-state index is 0.274. The summed E-state index contributed by atoms with van der Waals surface area (Å²) in [6.07, 6.45) is 11.1. The average molecular weight is 540 g/mol. The molecule has 1 aliphatic rings. The summed E-state index contributed by atoms with van der Waals surface area (Å²) in [5.41, 5.74) is 6.65. The van der Waals surface area contributed by atoms with Crippen molar-refractivity contribution in [1.29, 1.82) is 0 Å². The Balaban J connectivity index is 1.59. The van der Waals surface area contributed by atoms with Crippen molar-refractivity contribution in [2.45, 2.75) is 85.5 Å². The van der Waals surface area contributed by atoms with Crippen LogP contribution >= 0.6 is 0 Å². The summed E-state index contributed by atoms with van der Waals surface area (Å²) in [4.78, 5) is 13.4. The van der Waals surface area contributed by atoms with Gasteiger partial charge in [0.25, 0.3) is 0 Å². The summed E-state index contributed by atoms with van der Waals surface area (Å²) in [7, 11) is 0. The lowest BCUT2D eigenvalue weighted by Gasteiger charge is -2.24. The number of rotatable bonds is 14. The molecule has 0 aliphatic carbocycles. The van der Waals surface area contributed by atoms with Crippen LogP contribution in [0.4, 0.5) is 5.69 Å². The van der Waals surface area contributed by atoms with Crippen molar-refractivity contribution in [3.63, 3.8) is 0 Å². The number of benzene rings is 3. The Morgan fingerprint density at radius 2 is 1.52 bits per heavy atom. The van der Waals surface area contributed by atoms with E-state index in [-0.39, 0.29) is 5.97 Å². The molecule has 0 aromatic heterocycles. The lowest BCUT2D eigenvalue weighted by Crippen LogP contribution is -2.23. The Hall–Kier alpha value is -3.53. The van der Waals surface area contributed by atoms with E-state index in [0.717, 1.165) is 74.8 Å². The Kier molecular flexibility index (Phi) is 10.5. The highest BCUT2D eigenvalue weighted by molar-refractivity contribution is 5.99. The normalized spacial score (nSPS) is 11.9. The van der Waals surface area contributed by atoms with Crippen molar-refractivity contribution >= 4 is 23.8 Å². The van der Waals surface area contributed by atoms with Gasteiger partial charge in [0.15, 0.2) is 0 Å². The minimum atomic E-state index is -0.274. The van der Waals surface area contributed by atoms with E-state index < -0.39 is 0 Å². The van der Waals surface area contributed by atoms with Crippen LogP contribution in [0.25, 0.3) is 12.2 Å². The number of ether oxygens (including phenoxy) is 2. The van der Waals surface area contributed by atoms with Crippen LogP contribution in [0.5, 0.6) is 11.5 Å². The second kappa shape index (κ2) is 14.2. The molecule has 0 spiro atoms. The van der Waals surface area contributed by atoms with Crippen LogP contribution in [0.2, 0.25) is 0 Å². The van der Waals surface area contributed by atoms with Gasteiger partial charge in [0.1, 0.15) is 11.5 Å². The van der Waals surface area contributed by atoms with Crippen molar-refractivity contribution in [2.75, 3.05) is 18.5 Å². The summed E-state index contributed by atoms with van der Waals surface area (Å²) in [6, 6.07) is 16.1. The van der Waals surface area contributed by atoms with Crippen LogP contribution in [0.1, 0.15) is 104 Å². The SMILES string of the molecule is C=c1cc2c(cc1C)=C(c1ccccc1C(=O)OCCCCCCCCCCC)c1cc(C)c(NCC)cc1O2. The van der Waals surface area contributed by atoms with Gasteiger partial charge in [-0.05, 0) is 73.4 Å². The molecule has 0 amide bonds. The molecule has 0 radical (unpaired) electrons. The first-order valence-electron chi connectivity index (χ1n) is 15.1. The standard InChI is InChI=1S/C36H45NO3/c1-6-8-9-10-11-12-13-14-17-20-39-36(38)29-19-16-15-18-28(29)35-30-21-25(3)26(4)23-33(30)40-34-24-32(37-7-2)27(5)22-31(34)35/h15-16,18-19,21-24,37H,4,6-14,17,20H2,1-3,5H3. The maximum Gasteiger partial charge on any atom is 0.338 e. The zero-order chi connectivity index (χ0) is 28.5. The van der Waals surface area contributed by atoms with Gasteiger partial charge in [-0.15, -0.1) is 0 Å². The first kappa shape index (κ1) is 29.5. The van der Waals surface area contributed by atoms with Crippen molar-refractivity contribution in [3.05, 3.63) is 86.8 Å². The molecular formula is C36H45NO3. The monoisotopic (exact) mass is 539 g/mol. The lowest BCUT2D eigenvalue weighted by molar-refractivity contribution is 0.0497. The fourth-order valence-electron chi connectivity index (χ4n) is 5.45. The number of hydrogen-bond donors (Lipinski definition) is 1. The highest BCUT2D eigenvalue weighted by Crippen LogP contribution is 2.40. The van der Waals surface area contributed by atoms with E-state index in [1.165, 1.54) is 44.9 Å². The highest BCUT2D eigenvalue weighted by Gasteiger charge is 2.25. The molecule has 0 saturated carbocycles. The van der Waals surface area contributed by atoms with Gasteiger partial charge >= 0.3 is 5.97 Å². The Morgan fingerprint density at radius 1 is 0.825 bits per heavy atom. The fourth-order valence-corrected chi connectivity index (χ4v) is 5.45. The zero-order valence-corrected chi connectivity index (χ0v) is 24.8. The van der Waals surface area contributed by atoms with Gasteiger partial charge in [0.2, 0.25) is 0 Å². The smallest absolute Gasteiger partial charge is 0.338 e. The number of unbranched alkanes of at least 4 members (excludes halogenated alkanes) is 8. The summed E-state index contributed by atoms with van der Waals surface area (Å²) in [5.74, 6) is 1.25. The fraction of sp³-hybridized carbons (Fsp3) is 0.417. The molecule has 0 fully saturated rings. The molecule has 0 atom stereocenters. The number of anilines is 1. The van der Waals surface area contributed by atoms with Gasteiger partial charge in [-0.3, -0.25) is 0 Å². The number of hydrogen-bond acceptors (Lipinski definition) is 4. The summed E-state index contributed by atoms with van der Waals surface area (Å²) in [6.45, 7) is 13.9. The van der Waals surface area contributed by atoms with Gasteiger partial charge in [-0.2, -0.15) is 0 Å². The number of nitrogens with one attached hydrogen (secondary N) is 1. The zero-order valence-electron chi connectivity index (χ0n) is 24.8. The topological polar surface area (TPSA) is 47.6 Å². The van der Waals surface area contributed by atoms with Gasteiger partial charge in [0.05, 0.1) is 12.2 Å². The third-order valence-electron chi connectivity index (χ3n) is 7.79. The minimum Gasteiger partial charge on any atom is -0.462 e. The van der Waals surface area contributed by atoms with Crippen LogP contribution in [0.3, 0.4) is 0 Å². The molecular weight excluding hydrogens is 494 g/mol. The molecule has 0 saturated heterocycles. The Morgan fingerprint density at radius 3 is 2.25 bits per heavy atom. The summed E-state index contributed by atoms with van der Waals surface area (Å²) in [5, 5.41) is 5.32. The number of carbonyl (C=O) groups is 1. The molecule has 4 nitrogen and oxygen atoms in total. The molecule has 40 heavy (non-hydrogen) atoms. The molecule has 4 rings (SSSR count). The molecule has 1 N–H and O–H groups in total. The van der Waals surface area contributed by atoms with Gasteiger partial charge in [-0.25, -0.2) is 4.79 Å². The molecule has 3 aromatic rings. The average Bonchev–Trinajstić information content (AvgIpc) is 2.94. The predicted molar refractivity (Wildman–Crippen MR) is 167 cm³/mol. The first-order chi connectivity index (χ1) is 19.4. The molecule has 4 heteroatoms. The molecule has 1 heterocycles. The van der Waals surface area contributed by atoms with Crippen LogP contribution in [-0.4, -0.2) is 19.1 Å².